The number of hydrogen-bond donors (Lipinski definition) is 4. The molecule has 0 amide bonds. The smallest absolute Gasteiger partial charge is 0.356 e. The van der Waals surface area contributed by atoms with Gasteiger partial charge in [-0.2, -0.15) is 8.42 Å². The third-order valence-electron chi connectivity index (χ3n) is 4.46. The van der Waals surface area contributed by atoms with Gasteiger partial charge in [0.25, 0.3) is 0 Å². The molecular formula is C20H22F2N6O3S. The summed E-state index contributed by atoms with van der Waals surface area (Å²) >= 11 is 0. The van der Waals surface area contributed by atoms with Crippen LogP contribution in [-0.2, 0) is 16.7 Å². The molecule has 0 bridgehead atoms. The van der Waals surface area contributed by atoms with E-state index < -0.39 is 33.3 Å². The van der Waals surface area contributed by atoms with Crippen LogP contribution in [0.3, 0.4) is 0 Å². The highest BCUT2D eigenvalue weighted by Crippen LogP contribution is 2.35. The summed E-state index contributed by atoms with van der Waals surface area (Å²) < 4.78 is 58.9. The van der Waals surface area contributed by atoms with Gasteiger partial charge >= 0.3 is 10.1 Å². The Morgan fingerprint density at radius 2 is 1.91 bits per heavy atom. The number of halogens is 2. The van der Waals surface area contributed by atoms with Crippen molar-refractivity contribution in [2.45, 2.75) is 20.4 Å². The minimum atomic E-state index is -4.61. The minimum Gasteiger partial charge on any atom is -0.393 e. The summed E-state index contributed by atoms with van der Waals surface area (Å²) in [5.74, 6) is -3.29. The molecule has 2 aromatic rings. The molecule has 0 saturated heterocycles. The first-order valence-corrected chi connectivity index (χ1v) is 10.8. The van der Waals surface area contributed by atoms with Crippen LogP contribution < -0.4 is 21.0 Å². The van der Waals surface area contributed by atoms with Crippen LogP contribution >= 0.6 is 0 Å². The lowest BCUT2D eigenvalue weighted by Crippen LogP contribution is -2.33. The first-order valence-electron chi connectivity index (χ1n) is 9.42. The van der Waals surface area contributed by atoms with Crippen molar-refractivity contribution in [2.24, 2.45) is 17.4 Å². The molecule has 3 rings (SSSR count). The maximum atomic E-state index is 13.6. The number of allylic oxidation sites excluding steroid dienone is 1. The molecule has 1 aromatic carbocycles. The Bertz CT molecular complexity index is 1190. The third kappa shape index (κ3) is 4.80. The average Bonchev–Trinajstić information content (AvgIpc) is 3.07. The molecule has 1 aromatic heterocycles. The van der Waals surface area contributed by atoms with Crippen molar-refractivity contribution < 1.29 is 21.4 Å². The van der Waals surface area contributed by atoms with Gasteiger partial charge in [-0.3, -0.25) is 10.4 Å². The van der Waals surface area contributed by atoms with E-state index in [9.17, 15) is 17.2 Å². The highest BCUT2D eigenvalue weighted by Gasteiger charge is 2.40. The van der Waals surface area contributed by atoms with Crippen molar-refractivity contribution >= 4 is 16.0 Å². The molecule has 0 fully saturated rings. The van der Waals surface area contributed by atoms with E-state index >= 15 is 0 Å². The standard InChI is InChI=1S/C20H22F2N6O3S/c1-11(2)17-20(32(29,30)31-15-7-13(21)6-14(22)8-15)28(10-12-4-3-5-26-9-12)19(27-17)16(23)18(24)25/h3-9,11,27H,10,23H2,1-2H3,(H3,24,25). The van der Waals surface area contributed by atoms with Gasteiger partial charge in [0.2, 0.25) is 0 Å². The Morgan fingerprint density at radius 1 is 1.25 bits per heavy atom. The lowest BCUT2D eigenvalue weighted by atomic mass is 10.1. The zero-order valence-corrected chi connectivity index (χ0v) is 18.1. The summed E-state index contributed by atoms with van der Waals surface area (Å²) in [6, 6.07) is 5.49. The summed E-state index contributed by atoms with van der Waals surface area (Å²) in [6.07, 6.45) is 3.09. The van der Waals surface area contributed by atoms with Crippen LogP contribution in [0.5, 0.6) is 5.75 Å². The summed E-state index contributed by atoms with van der Waals surface area (Å²) in [7, 11) is -4.61. The van der Waals surface area contributed by atoms with E-state index in [4.69, 9.17) is 21.1 Å². The van der Waals surface area contributed by atoms with Crippen molar-refractivity contribution in [2.75, 3.05) is 0 Å². The molecule has 6 N–H and O–H groups in total. The van der Waals surface area contributed by atoms with Crippen molar-refractivity contribution in [1.82, 2.24) is 15.2 Å². The Balaban J connectivity index is 2.15. The number of nitrogens with two attached hydrogens (primary N) is 2. The van der Waals surface area contributed by atoms with E-state index in [1.807, 2.05) is 0 Å². The molecule has 0 saturated carbocycles. The highest BCUT2D eigenvalue weighted by molar-refractivity contribution is 7.91. The van der Waals surface area contributed by atoms with E-state index in [0.717, 1.165) is 12.1 Å². The van der Waals surface area contributed by atoms with E-state index in [1.165, 1.54) is 11.1 Å². The quantitative estimate of drug-likeness (QED) is 0.277. The fourth-order valence-electron chi connectivity index (χ4n) is 3.06. The predicted octanol–water partition coefficient (Wildman–Crippen LogP) is 2.06. The third-order valence-corrected chi connectivity index (χ3v) is 5.79. The van der Waals surface area contributed by atoms with Gasteiger partial charge in [-0.1, -0.05) is 19.9 Å². The molecule has 32 heavy (non-hydrogen) atoms. The predicted molar refractivity (Wildman–Crippen MR) is 114 cm³/mol. The second kappa shape index (κ2) is 8.83. The first kappa shape index (κ1) is 23.0. The normalized spacial score (nSPS) is 15.7. The van der Waals surface area contributed by atoms with Gasteiger partial charge in [0.05, 0.1) is 12.2 Å². The molecule has 1 aliphatic heterocycles. The molecule has 0 aliphatic carbocycles. The lowest BCUT2D eigenvalue weighted by molar-refractivity contribution is 0.417. The summed E-state index contributed by atoms with van der Waals surface area (Å²) in [6.45, 7) is 3.44. The molecule has 12 heteroatoms. The van der Waals surface area contributed by atoms with Crippen LogP contribution in [0.25, 0.3) is 0 Å². The fourth-order valence-corrected chi connectivity index (χ4v) is 4.47. The summed E-state index contributed by atoms with van der Waals surface area (Å²) in [5, 5.41) is 10.3. The zero-order chi connectivity index (χ0) is 23.6. The number of benzene rings is 1. The minimum absolute atomic E-state index is 0.0180. The Labute approximate surface area is 184 Å². The van der Waals surface area contributed by atoms with E-state index in [2.05, 4.69) is 10.3 Å². The molecule has 1 aliphatic rings. The second-order valence-corrected chi connectivity index (χ2v) is 8.73. The van der Waals surface area contributed by atoms with Crippen LogP contribution in [0.1, 0.15) is 19.4 Å². The largest absolute Gasteiger partial charge is 0.393 e. The summed E-state index contributed by atoms with van der Waals surface area (Å²) in [4.78, 5) is 5.30. The van der Waals surface area contributed by atoms with Crippen LogP contribution in [0.4, 0.5) is 8.78 Å². The number of pyridine rings is 1. The van der Waals surface area contributed by atoms with Crippen LogP contribution in [0.2, 0.25) is 0 Å². The van der Waals surface area contributed by atoms with E-state index in [-0.39, 0.29) is 34.7 Å². The molecule has 0 unspecified atom stereocenters. The van der Waals surface area contributed by atoms with E-state index in [0.29, 0.717) is 11.6 Å². The van der Waals surface area contributed by atoms with Gasteiger partial charge in [-0.15, -0.1) is 0 Å². The molecule has 170 valence electrons. The maximum Gasteiger partial charge on any atom is 0.356 e. The van der Waals surface area contributed by atoms with Gasteiger partial charge in [0, 0.05) is 30.6 Å². The van der Waals surface area contributed by atoms with Gasteiger partial charge in [0.1, 0.15) is 34.7 Å². The lowest BCUT2D eigenvalue weighted by Gasteiger charge is -2.24. The summed E-state index contributed by atoms with van der Waals surface area (Å²) in [5.41, 5.74) is 12.2. The molecule has 0 radical (unpaired) electrons. The van der Waals surface area contributed by atoms with Crippen LogP contribution in [0, 0.1) is 23.0 Å². The van der Waals surface area contributed by atoms with Crippen molar-refractivity contribution in [1.29, 1.82) is 5.41 Å². The number of nitrogens with one attached hydrogen (secondary N) is 2. The maximum absolute atomic E-state index is 13.6. The molecular weight excluding hydrogens is 442 g/mol. The van der Waals surface area contributed by atoms with Crippen molar-refractivity contribution in [3.63, 3.8) is 0 Å². The fraction of sp³-hybridized carbons (Fsp3) is 0.200. The number of aromatic nitrogens is 1. The molecule has 2 heterocycles. The van der Waals surface area contributed by atoms with Gasteiger partial charge in [0.15, 0.2) is 5.03 Å². The monoisotopic (exact) mass is 464 g/mol. The van der Waals surface area contributed by atoms with Gasteiger partial charge < -0.3 is 25.9 Å². The number of amidine groups is 1. The van der Waals surface area contributed by atoms with Gasteiger partial charge in [-0.05, 0) is 17.5 Å². The zero-order valence-electron chi connectivity index (χ0n) is 17.3. The molecule has 9 nitrogen and oxygen atoms in total. The first-order chi connectivity index (χ1) is 15.0. The van der Waals surface area contributed by atoms with E-state index in [1.54, 1.807) is 32.2 Å². The van der Waals surface area contributed by atoms with Crippen molar-refractivity contribution in [3.8, 4) is 5.75 Å². The highest BCUT2D eigenvalue weighted by atomic mass is 32.2. The number of rotatable bonds is 7. The van der Waals surface area contributed by atoms with Crippen LogP contribution in [-0.4, -0.2) is 24.1 Å². The molecule has 0 atom stereocenters. The Kier molecular flexibility index (Phi) is 6.35. The van der Waals surface area contributed by atoms with Gasteiger partial charge in [-0.25, -0.2) is 8.78 Å². The topological polar surface area (TPSA) is 147 Å². The number of nitrogens with zero attached hydrogens (tertiary/aromatic N) is 2. The Morgan fingerprint density at radius 3 is 2.44 bits per heavy atom. The SMILES string of the molecule is CC(C)C1=C(S(=O)(=O)Oc2cc(F)cc(F)c2)N(Cc2cccnc2)C(=C(N)C(=N)N)N1. The average molecular weight is 464 g/mol. The molecule has 0 spiro atoms. The van der Waals surface area contributed by atoms with Crippen molar-refractivity contribution in [3.05, 3.63) is 82.2 Å². The Hall–Kier alpha value is -3.67. The number of hydrogen-bond acceptors (Lipinski definition) is 8. The van der Waals surface area contributed by atoms with Crippen LogP contribution in [0.15, 0.2) is 65.0 Å². The second-order valence-electron chi connectivity index (χ2n) is 7.26.